The van der Waals surface area contributed by atoms with Crippen molar-refractivity contribution in [3.63, 3.8) is 0 Å². The Balaban J connectivity index is 2.42. The molecule has 0 fully saturated rings. The largest absolute Gasteiger partial charge is 0.224 e. The molecule has 2 aromatic rings. The highest BCUT2D eigenvalue weighted by Gasteiger charge is 2.06. The van der Waals surface area contributed by atoms with Crippen LogP contribution in [0.5, 0.6) is 0 Å². The Morgan fingerprint density at radius 1 is 1.20 bits per heavy atom. The Morgan fingerprint density at radius 2 is 1.87 bits per heavy atom. The Kier molecular flexibility index (Phi) is 2.28. The van der Waals surface area contributed by atoms with Crippen molar-refractivity contribution in [3.05, 3.63) is 36.7 Å². The summed E-state index contributed by atoms with van der Waals surface area (Å²) in [6, 6.07) is 6.47. The van der Waals surface area contributed by atoms with E-state index >= 15 is 0 Å². The molecule has 0 radical (unpaired) electrons. The van der Waals surface area contributed by atoms with Crippen molar-refractivity contribution >= 4 is 9.84 Å². The summed E-state index contributed by atoms with van der Waals surface area (Å²) >= 11 is 0. The van der Waals surface area contributed by atoms with Gasteiger partial charge in [-0.25, -0.2) is 13.1 Å². The molecule has 0 aliphatic rings. The molecule has 78 valence electrons. The van der Waals surface area contributed by atoms with Gasteiger partial charge in [-0.1, -0.05) is 5.21 Å². The van der Waals surface area contributed by atoms with Gasteiger partial charge >= 0.3 is 0 Å². The van der Waals surface area contributed by atoms with Gasteiger partial charge in [-0.3, -0.25) is 0 Å². The molecule has 0 bridgehead atoms. The van der Waals surface area contributed by atoms with Gasteiger partial charge in [-0.2, -0.15) is 0 Å². The van der Waals surface area contributed by atoms with Crippen LogP contribution in [0.1, 0.15) is 0 Å². The van der Waals surface area contributed by atoms with E-state index in [1.807, 2.05) is 0 Å². The Morgan fingerprint density at radius 3 is 2.33 bits per heavy atom. The van der Waals surface area contributed by atoms with Crippen molar-refractivity contribution in [1.82, 2.24) is 15.0 Å². The molecule has 0 saturated heterocycles. The fourth-order valence-corrected chi connectivity index (χ4v) is 1.82. The summed E-state index contributed by atoms with van der Waals surface area (Å²) in [6.07, 6.45) is 4.43. The second-order valence-corrected chi connectivity index (χ2v) is 5.13. The van der Waals surface area contributed by atoms with E-state index in [4.69, 9.17) is 0 Å². The van der Waals surface area contributed by atoms with E-state index in [-0.39, 0.29) is 0 Å². The number of rotatable bonds is 2. The number of nitrogens with zero attached hydrogens (tertiary/aromatic N) is 3. The van der Waals surface area contributed by atoms with E-state index in [1.165, 1.54) is 6.26 Å². The van der Waals surface area contributed by atoms with Gasteiger partial charge in [0.1, 0.15) is 0 Å². The van der Waals surface area contributed by atoms with Crippen LogP contribution in [-0.4, -0.2) is 29.7 Å². The van der Waals surface area contributed by atoms with Crippen molar-refractivity contribution < 1.29 is 8.42 Å². The van der Waals surface area contributed by atoms with E-state index in [2.05, 4.69) is 10.3 Å². The highest BCUT2D eigenvalue weighted by atomic mass is 32.2. The Bertz CT molecular complexity index is 544. The average Bonchev–Trinajstić information content (AvgIpc) is 2.69. The molecule has 0 unspecified atom stereocenters. The molecular formula is C9H9N3O2S. The first-order valence-corrected chi connectivity index (χ1v) is 6.13. The second-order valence-electron chi connectivity index (χ2n) is 3.11. The maximum atomic E-state index is 11.2. The molecule has 0 N–H and O–H groups in total. The van der Waals surface area contributed by atoms with Crippen LogP contribution in [0.2, 0.25) is 0 Å². The zero-order valence-electron chi connectivity index (χ0n) is 8.03. The Hall–Kier alpha value is -1.69. The lowest BCUT2D eigenvalue weighted by molar-refractivity contribution is 0.602. The third-order valence-electron chi connectivity index (χ3n) is 1.95. The zero-order chi connectivity index (χ0) is 10.9. The SMILES string of the molecule is CS(=O)(=O)c1ccc(-n2ccnn2)cc1. The highest BCUT2D eigenvalue weighted by Crippen LogP contribution is 2.12. The minimum Gasteiger partial charge on any atom is -0.224 e. The van der Waals surface area contributed by atoms with E-state index in [1.54, 1.807) is 41.3 Å². The zero-order valence-corrected chi connectivity index (χ0v) is 8.85. The summed E-state index contributed by atoms with van der Waals surface area (Å²) in [5.41, 5.74) is 0.778. The van der Waals surface area contributed by atoms with Crippen LogP contribution in [0.15, 0.2) is 41.6 Å². The summed E-state index contributed by atoms with van der Waals surface area (Å²) in [5.74, 6) is 0. The fraction of sp³-hybridized carbons (Fsp3) is 0.111. The first-order chi connectivity index (χ1) is 7.07. The van der Waals surface area contributed by atoms with Crippen molar-refractivity contribution in [2.24, 2.45) is 0 Å². The third-order valence-corrected chi connectivity index (χ3v) is 3.08. The first-order valence-electron chi connectivity index (χ1n) is 4.24. The van der Waals surface area contributed by atoms with E-state index in [9.17, 15) is 8.42 Å². The molecule has 15 heavy (non-hydrogen) atoms. The predicted molar refractivity (Wildman–Crippen MR) is 54.5 cm³/mol. The van der Waals surface area contributed by atoms with Crippen molar-refractivity contribution in [2.75, 3.05) is 6.26 Å². The van der Waals surface area contributed by atoms with Gasteiger partial charge in [0, 0.05) is 6.26 Å². The summed E-state index contributed by atoms with van der Waals surface area (Å²) in [6.45, 7) is 0. The first kappa shape index (κ1) is 9.85. The van der Waals surface area contributed by atoms with Gasteiger partial charge in [0.15, 0.2) is 9.84 Å². The quantitative estimate of drug-likeness (QED) is 0.750. The van der Waals surface area contributed by atoms with E-state index < -0.39 is 9.84 Å². The van der Waals surface area contributed by atoms with Crippen LogP contribution < -0.4 is 0 Å². The number of aromatic nitrogens is 3. The van der Waals surface area contributed by atoms with Gasteiger partial charge in [-0.05, 0) is 24.3 Å². The topological polar surface area (TPSA) is 64.8 Å². The lowest BCUT2D eigenvalue weighted by Gasteiger charge is -2.01. The number of hydrogen-bond acceptors (Lipinski definition) is 4. The molecule has 0 saturated carbocycles. The third kappa shape index (κ3) is 2.04. The van der Waals surface area contributed by atoms with Crippen LogP contribution in [0.25, 0.3) is 5.69 Å². The smallest absolute Gasteiger partial charge is 0.175 e. The van der Waals surface area contributed by atoms with Crippen LogP contribution in [0.4, 0.5) is 0 Å². The molecule has 0 aliphatic carbocycles. The van der Waals surface area contributed by atoms with Crippen LogP contribution in [0.3, 0.4) is 0 Å². The standard InChI is InChI=1S/C9H9N3O2S/c1-15(13,14)9-4-2-8(3-5-9)12-7-6-10-11-12/h2-7H,1H3. The Labute approximate surface area is 87.3 Å². The lowest BCUT2D eigenvalue weighted by atomic mass is 10.3. The molecule has 5 nitrogen and oxygen atoms in total. The maximum Gasteiger partial charge on any atom is 0.175 e. The summed E-state index contributed by atoms with van der Waals surface area (Å²) in [7, 11) is -3.13. The van der Waals surface area contributed by atoms with Crippen LogP contribution in [0, 0.1) is 0 Å². The van der Waals surface area contributed by atoms with E-state index in [0.717, 1.165) is 5.69 Å². The number of sulfone groups is 1. The molecule has 0 spiro atoms. The monoisotopic (exact) mass is 223 g/mol. The summed E-state index contributed by atoms with van der Waals surface area (Å²) in [5, 5.41) is 7.46. The molecule has 0 aliphatic heterocycles. The average molecular weight is 223 g/mol. The molecule has 1 aromatic heterocycles. The predicted octanol–water partition coefficient (Wildman–Crippen LogP) is 0.671. The van der Waals surface area contributed by atoms with Crippen molar-refractivity contribution in [1.29, 1.82) is 0 Å². The molecule has 0 amide bonds. The second kappa shape index (κ2) is 3.47. The van der Waals surface area contributed by atoms with Crippen LogP contribution in [-0.2, 0) is 9.84 Å². The van der Waals surface area contributed by atoms with Gasteiger partial charge in [0.05, 0.1) is 23.0 Å². The molecular weight excluding hydrogens is 214 g/mol. The summed E-state index contributed by atoms with van der Waals surface area (Å²) in [4.78, 5) is 0.298. The lowest BCUT2D eigenvalue weighted by Crippen LogP contribution is -1.99. The highest BCUT2D eigenvalue weighted by molar-refractivity contribution is 7.90. The molecule has 6 heteroatoms. The van der Waals surface area contributed by atoms with Crippen LogP contribution >= 0.6 is 0 Å². The molecule has 0 atom stereocenters. The van der Waals surface area contributed by atoms with Gasteiger partial charge < -0.3 is 0 Å². The molecule has 1 aromatic carbocycles. The van der Waals surface area contributed by atoms with Crippen molar-refractivity contribution in [2.45, 2.75) is 4.90 Å². The number of benzene rings is 1. The van der Waals surface area contributed by atoms with Crippen molar-refractivity contribution in [3.8, 4) is 5.69 Å². The maximum absolute atomic E-state index is 11.2. The van der Waals surface area contributed by atoms with Gasteiger partial charge in [0.2, 0.25) is 0 Å². The minimum absolute atomic E-state index is 0.298. The fourth-order valence-electron chi connectivity index (χ4n) is 1.19. The number of hydrogen-bond donors (Lipinski definition) is 0. The molecule has 1 heterocycles. The normalized spacial score (nSPS) is 11.5. The minimum atomic E-state index is -3.13. The van der Waals surface area contributed by atoms with E-state index in [0.29, 0.717) is 4.90 Å². The van der Waals surface area contributed by atoms with Gasteiger partial charge in [0.25, 0.3) is 0 Å². The van der Waals surface area contributed by atoms with Gasteiger partial charge in [-0.15, -0.1) is 5.10 Å². The summed E-state index contributed by atoms with van der Waals surface area (Å²) < 4.78 is 24.0. The molecule has 2 rings (SSSR count).